The van der Waals surface area contributed by atoms with Crippen LogP contribution in [-0.4, -0.2) is 37.0 Å². The molecule has 0 aromatic heterocycles. The number of carbonyl (C=O) groups excluding carboxylic acids is 1. The molecule has 2 aromatic carbocycles. The second-order valence-electron chi connectivity index (χ2n) is 6.04. The molecule has 0 bridgehead atoms. The van der Waals surface area contributed by atoms with Crippen LogP contribution in [0.1, 0.15) is 11.1 Å². The van der Waals surface area contributed by atoms with Crippen molar-refractivity contribution in [2.75, 3.05) is 31.5 Å². The van der Waals surface area contributed by atoms with Gasteiger partial charge in [-0.1, -0.05) is 41.9 Å². The topological polar surface area (TPSA) is 58.4 Å². The number of anilines is 1. The third-order valence-corrected chi connectivity index (χ3v) is 4.17. The number of amides is 1. The average Bonchev–Trinajstić information content (AvgIpc) is 2.61. The van der Waals surface area contributed by atoms with Crippen molar-refractivity contribution in [1.29, 1.82) is 0 Å². The van der Waals surface area contributed by atoms with Gasteiger partial charge in [0.1, 0.15) is 0 Å². The van der Waals surface area contributed by atoms with Crippen molar-refractivity contribution in [2.45, 2.75) is 12.6 Å². The van der Waals surface area contributed by atoms with Gasteiger partial charge in [-0.3, -0.25) is 9.69 Å². The lowest BCUT2D eigenvalue weighted by atomic mass is 10.1. The zero-order chi connectivity index (χ0) is 19.9. The molecule has 3 N–H and O–H groups in total. The summed E-state index contributed by atoms with van der Waals surface area (Å²) in [6.45, 7) is 1.33. The fourth-order valence-corrected chi connectivity index (χ4v) is 2.81. The lowest BCUT2D eigenvalue weighted by Crippen LogP contribution is -2.38. The molecule has 0 heterocycles. The summed E-state index contributed by atoms with van der Waals surface area (Å²) >= 11 is 5.65. The third-order valence-electron chi connectivity index (χ3n) is 3.93. The molecule has 0 aliphatic rings. The molecule has 1 amide bonds. The van der Waals surface area contributed by atoms with Crippen molar-refractivity contribution >= 4 is 35.6 Å². The highest BCUT2D eigenvalue weighted by Crippen LogP contribution is 2.36. The van der Waals surface area contributed by atoms with Crippen LogP contribution in [0.5, 0.6) is 0 Å². The van der Waals surface area contributed by atoms with Gasteiger partial charge in [-0.2, -0.15) is 13.2 Å². The predicted molar refractivity (Wildman–Crippen MR) is 108 cm³/mol. The molecule has 0 aliphatic heterocycles. The molecule has 0 fully saturated rings. The van der Waals surface area contributed by atoms with Crippen molar-refractivity contribution in [1.82, 2.24) is 4.90 Å². The van der Waals surface area contributed by atoms with E-state index in [9.17, 15) is 18.0 Å². The van der Waals surface area contributed by atoms with E-state index in [1.54, 1.807) is 0 Å². The van der Waals surface area contributed by atoms with Gasteiger partial charge in [-0.25, -0.2) is 0 Å². The normalized spacial score (nSPS) is 11.2. The van der Waals surface area contributed by atoms with Gasteiger partial charge in [0.15, 0.2) is 0 Å². The Morgan fingerprint density at radius 3 is 2.39 bits per heavy atom. The molecular weight excluding hydrogens is 414 g/mol. The van der Waals surface area contributed by atoms with Gasteiger partial charge in [0.2, 0.25) is 5.91 Å². The highest BCUT2D eigenvalue weighted by atomic mass is 35.5. The Labute approximate surface area is 173 Å². The van der Waals surface area contributed by atoms with Gasteiger partial charge >= 0.3 is 6.18 Å². The fourth-order valence-electron chi connectivity index (χ4n) is 2.64. The minimum absolute atomic E-state index is 0. The molecule has 0 saturated carbocycles. The van der Waals surface area contributed by atoms with Crippen molar-refractivity contribution in [2.24, 2.45) is 5.73 Å². The molecule has 2 rings (SSSR count). The number of nitrogens with two attached hydrogens (primary N) is 1. The number of hydrogen-bond donors (Lipinski definition) is 2. The van der Waals surface area contributed by atoms with E-state index in [1.807, 2.05) is 35.2 Å². The van der Waals surface area contributed by atoms with Crippen LogP contribution in [0.25, 0.3) is 0 Å². The van der Waals surface area contributed by atoms with E-state index in [2.05, 4.69) is 5.32 Å². The van der Waals surface area contributed by atoms with E-state index < -0.39 is 17.6 Å². The summed E-state index contributed by atoms with van der Waals surface area (Å²) in [5.41, 5.74) is 5.41. The molecule has 0 radical (unpaired) electrons. The minimum Gasteiger partial charge on any atom is -0.329 e. The summed E-state index contributed by atoms with van der Waals surface area (Å²) in [6.07, 6.45) is -3.90. The Kier molecular flexibility index (Phi) is 9.75. The Hall–Kier alpha value is -1.80. The van der Waals surface area contributed by atoms with Crippen LogP contribution in [0.3, 0.4) is 0 Å². The molecule has 0 saturated heterocycles. The smallest absolute Gasteiger partial charge is 0.329 e. The zero-order valence-corrected chi connectivity index (χ0v) is 16.6. The summed E-state index contributed by atoms with van der Waals surface area (Å²) in [6, 6.07) is 13.0. The van der Waals surface area contributed by atoms with Gasteiger partial charge in [-0.15, -0.1) is 12.4 Å². The lowest BCUT2D eigenvalue weighted by molar-refractivity contribution is -0.137. The van der Waals surface area contributed by atoms with Gasteiger partial charge in [0.05, 0.1) is 17.8 Å². The number of alkyl halides is 3. The van der Waals surface area contributed by atoms with E-state index in [0.717, 1.165) is 17.7 Å². The molecule has 28 heavy (non-hydrogen) atoms. The second kappa shape index (κ2) is 11.3. The molecule has 9 heteroatoms. The van der Waals surface area contributed by atoms with Crippen molar-refractivity contribution in [3.05, 3.63) is 64.7 Å². The maximum Gasteiger partial charge on any atom is 0.418 e. The van der Waals surface area contributed by atoms with E-state index >= 15 is 0 Å². The zero-order valence-electron chi connectivity index (χ0n) is 15.0. The number of halogens is 5. The molecule has 154 valence electrons. The third kappa shape index (κ3) is 7.67. The SMILES string of the molecule is Cl.NCCN(CCc1ccccc1)CC(=O)Nc1ccc(Cl)cc1C(F)(F)F. The first-order valence-corrected chi connectivity index (χ1v) is 8.80. The second-order valence-corrected chi connectivity index (χ2v) is 6.47. The predicted octanol–water partition coefficient (Wildman–Crippen LogP) is 4.22. The van der Waals surface area contributed by atoms with Crippen molar-refractivity contribution in [3.8, 4) is 0 Å². The van der Waals surface area contributed by atoms with E-state index in [-0.39, 0.29) is 29.7 Å². The highest BCUT2D eigenvalue weighted by Gasteiger charge is 2.34. The van der Waals surface area contributed by atoms with E-state index in [0.29, 0.717) is 26.1 Å². The summed E-state index contributed by atoms with van der Waals surface area (Å²) in [5.74, 6) is -0.538. The number of carbonyl (C=O) groups is 1. The van der Waals surface area contributed by atoms with Crippen LogP contribution in [0.2, 0.25) is 5.02 Å². The van der Waals surface area contributed by atoms with Gasteiger partial charge in [-0.05, 0) is 30.2 Å². The molecule has 0 atom stereocenters. The Morgan fingerprint density at radius 1 is 1.11 bits per heavy atom. The molecule has 0 aliphatic carbocycles. The van der Waals surface area contributed by atoms with Gasteiger partial charge in [0.25, 0.3) is 0 Å². The Bertz CT molecular complexity index is 758. The van der Waals surface area contributed by atoms with Crippen molar-refractivity contribution < 1.29 is 18.0 Å². The number of nitrogens with zero attached hydrogens (tertiary/aromatic N) is 1. The summed E-state index contributed by atoms with van der Waals surface area (Å²) in [7, 11) is 0. The van der Waals surface area contributed by atoms with Crippen LogP contribution < -0.4 is 11.1 Å². The molecule has 2 aromatic rings. The molecule has 0 unspecified atom stereocenters. The highest BCUT2D eigenvalue weighted by molar-refractivity contribution is 6.30. The maximum absolute atomic E-state index is 13.1. The number of nitrogens with one attached hydrogen (secondary N) is 1. The Morgan fingerprint density at radius 2 is 1.79 bits per heavy atom. The summed E-state index contributed by atoms with van der Waals surface area (Å²) in [5, 5.41) is 2.28. The van der Waals surface area contributed by atoms with Crippen LogP contribution >= 0.6 is 24.0 Å². The van der Waals surface area contributed by atoms with Crippen LogP contribution in [0.4, 0.5) is 18.9 Å². The monoisotopic (exact) mass is 435 g/mol. The van der Waals surface area contributed by atoms with Crippen LogP contribution in [0, 0.1) is 0 Å². The first kappa shape index (κ1) is 24.2. The molecular formula is C19H22Cl2F3N3O. The quantitative estimate of drug-likeness (QED) is 0.652. The minimum atomic E-state index is -4.61. The first-order chi connectivity index (χ1) is 12.8. The maximum atomic E-state index is 13.1. The standard InChI is InChI=1S/C19H21ClF3N3O.ClH/c20-15-6-7-17(16(12-15)19(21,22)23)25-18(27)13-26(11-9-24)10-8-14-4-2-1-3-5-14;/h1-7,12H,8-11,13,24H2,(H,25,27);1H. The fraction of sp³-hybridized carbons (Fsp3) is 0.316. The Balaban J connectivity index is 0.00000392. The first-order valence-electron chi connectivity index (χ1n) is 8.42. The van der Waals surface area contributed by atoms with Crippen molar-refractivity contribution in [3.63, 3.8) is 0 Å². The summed E-state index contributed by atoms with van der Waals surface area (Å²) in [4.78, 5) is 14.1. The van der Waals surface area contributed by atoms with Gasteiger partial charge < -0.3 is 11.1 Å². The molecule has 4 nitrogen and oxygen atoms in total. The van der Waals surface area contributed by atoms with Crippen LogP contribution in [0.15, 0.2) is 48.5 Å². The number of hydrogen-bond acceptors (Lipinski definition) is 3. The number of benzene rings is 2. The van der Waals surface area contributed by atoms with E-state index in [1.165, 1.54) is 6.07 Å². The van der Waals surface area contributed by atoms with Gasteiger partial charge in [0, 0.05) is 24.7 Å². The number of rotatable bonds is 8. The van der Waals surface area contributed by atoms with Crippen LogP contribution in [-0.2, 0) is 17.4 Å². The average molecular weight is 436 g/mol. The largest absolute Gasteiger partial charge is 0.418 e. The lowest BCUT2D eigenvalue weighted by Gasteiger charge is -2.22. The molecule has 0 spiro atoms. The summed E-state index contributed by atoms with van der Waals surface area (Å²) < 4.78 is 39.4. The van der Waals surface area contributed by atoms with E-state index in [4.69, 9.17) is 17.3 Å².